The summed E-state index contributed by atoms with van der Waals surface area (Å²) >= 11 is 6.79. The zero-order chi connectivity index (χ0) is 8.43. The van der Waals surface area contributed by atoms with Crippen molar-refractivity contribution in [2.45, 2.75) is 0 Å². The Morgan fingerprint density at radius 2 is 2.27 bits per heavy atom. The first-order valence-corrected chi connectivity index (χ1v) is 4.09. The number of aromatic nitrogens is 1. The zero-order valence-electron chi connectivity index (χ0n) is 5.14. The second-order valence-electron chi connectivity index (χ2n) is 1.74. The number of carbonyl (C=O) groups is 1. The Balaban J connectivity index is 3.15. The Labute approximate surface area is 80.9 Å². The van der Waals surface area contributed by atoms with E-state index in [1.54, 1.807) is 22.6 Å². The molecule has 0 amide bonds. The van der Waals surface area contributed by atoms with Crippen molar-refractivity contribution < 1.29 is 9.18 Å². The molecule has 0 N–H and O–H groups in total. The molecule has 5 heteroatoms. The molecule has 1 aromatic rings. The summed E-state index contributed by atoms with van der Waals surface area (Å²) in [7, 11) is 0. The number of hydrogen-bond acceptors (Lipinski definition) is 2. The fourth-order valence-electron chi connectivity index (χ4n) is 0.527. The maximum Gasteiger partial charge on any atom is 0.270 e. The van der Waals surface area contributed by atoms with E-state index in [2.05, 4.69) is 4.98 Å². The van der Waals surface area contributed by atoms with E-state index in [4.69, 9.17) is 11.6 Å². The van der Waals surface area contributed by atoms with Crippen molar-refractivity contribution in [2.75, 3.05) is 0 Å². The van der Waals surface area contributed by atoms with Crippen LogP contribution in [0.3, 0.4) is 0 Å². The highest BCUT2D eigenvalue weighted by molar-refractivity contribution is 14.1. The third-order valence-electron chi connectivity index (χ3n) is 1.00. The van der Waals surface area contributed by atoms with Crippen LogP contribution in [-0.4, -0.2) is 10.2 Å². The van der Waals surface area contributed by atoms with Crippen LogP contribution in [-0.2, 0) is 0 Å². The predicted octanol–water partition coefficient (Wildman–Crippen LogP) is 2.20. The molecule has 0 aromatic carbocycles. The molecule has 1 rings (SSSR count). The second kappa shape index (κ2) is 3.44. The van der Waals surface area contributed by atoms with Gasteiger partial charge < -0.3 is 0 Å². The van der Waals surface area contributed by atoms with Crippen molar-refractivity contribution >= 4 is 39.4 Å². The first kappa shape index (κ1) is 8.86. The van der Waals surface area contributed by atoms with E-state index in [-0.39, 0.29) is 9.39 Å². The summed E-state index contributed by atoms with van der Waals surface area (Å²) in [4.78, 5) is 14.1. The lowest BCUT2D eigenvalue weighted by Gasteiger charge is -1.94. The molecule has 0 fully saturated rings. The first-order valence-electron chi connectivity index (χ1n) is 2.63. The number of pyridine rings is 1. The van der Waals surface area contributed by atoms with Crippen LogP contribution in [0, 0.1) is 9.52 Å². The molecule has 2 nitrogen and oxygen atoms in total. The van der Waals surface area contributed by atoms with Gasteiger partial charge in [-0.25, -0.2) is 9.37 Å². The lowest BCUT2D eigenvalue weighted by atomic mass is 10.4. The minimum absolute atomic E-state index is 0.0671. The summed E-state index contributed by atoms with van der Waals surface area (Å²) < 4.78 is 12.7. The van der Waals surface area contributed by atoms with E-state index in [1.165, 1.54) is 6.07 Å². The molecule has 0 bridgehead atoms. The van der Waals surface area contributed by atoms with Crippen molar-refractivity contribution in [3.63, 3.8) is 0 Å². The number of carbonyl (C=O) groups excluding carboxylic acids is 1. The molecule has 0 atom stereocenters. The quantitative estimate of drug-likeness (QED) is 0.450. The minimum atomic E-state index is -0.678. The normalized spacial score (nSPS) is 9.73. The Morgan fingerprint density at radius 3 is 2.73 bits per heavy atom. The van der Waals surface area contributed by atoms with Crippen LogP contribution in [0.1, 0.15) is 10.5 Å². The Morgan fingerprint density at radius 1 is 1.64 bits per heavy atom. The van der Waals surface area contributed by atoms with Crippen molar-refractivity contribution in [2.24, 2.45) is 0 Å². The molecule has 1 aromatic heterocycles. The molecule has 0 spiro atoms. The predicted molar refractivity (Wildman–Crippen MR) is 47.1 cm³/mol. The van der Waals surface area contributed by atoms with Crippen molar-refractivity contribution in [1.82, 2.24) is 4.98 Å². The van der Waals surface area contributed by atoms with Gasteiger partial charge in [-0.05, 0) is 46.3 Å². The van der Waals surface area contributed by atoms with Crippen LogP contribution < -0.4 is 0 Å². The van der Waals surface area contributed by atoms with Gasteiger partial charge in [-0.2, -0.15) is 0 Å². The minimum Gasteiger partial charge on any atom is -0.274 e. The summed E-state index contributed by atoms with van der Waals surface area (Å²) in [6.45, 7) is 0. The SMILES string of the molecule is O=C(Cl)c1ccc(F)c(I)n1. The molecule has 0 saturated carbocycles. The average molecular weight is 285 g/mol. The largest absolute Gasteiger partial charge is 0.274 e. The van der Waals surface area contributed by atoms with Gasteiger partial charge in [-0.3, -0.25) is 4.79 Å². The fourth-order valence-corrected chi connectivity index (χ4v) is 1.07. The number of nitrogens with zero attached hydrogens (tertiary/aromatic N) is 1. The fraction of sp³-hybridized carbons (Fsp3) is 0. The maximum absolute atomic E-state index is 12.5. The highest BCUT2D eigenvalue weighted by Crippen LogP contribution is 2.09. The van der Waals surface area contributed by atoms with Crippen LogP contribution >= 0.6 is 34.2 Å². The zero-order valence-corrected chi connectivity index (χ0v) is 8.06. The molecule has 11 heavy (non-hydrogen) atoms. The number of halogens is 3. The number of rotatable bonds is 1. The smallest absolute Gasteiger partial charge is 0.270 e. The second-order valence-corrected chi connectivity index (χ2v) is 3.11. The molecule has 0 saturated heterocycles. The molecular formula is C6H2ClFINO. The summed E-state index contributed by atoms with van der Waals surface area (Å²) in [5.74, 6) is -0.452. The van der Waals surface area contributed by atoms with Gasteiger partial charge in [-0.15, -0.1) is 0 Å². The van der Waals surface area contributed by atoms with Crippen LogP contribution in [0.25, 0.3) is 0 Å². The van der Waals surface area contributed by atoms with E-state index in [0.717, 1.165) is 6.07 Å². The van der Waals surface area contributed by atoms with Gasteiger partial charge in [0, 0.05) is 0 Å². The van der Waals surface area contributed by atoms with Crippen LogP contribution in [0.2, 0.25) is 0 Å². The highest BCUT2D eigenvalue weighted by atomic mass is 127. The highest BCUT2D eigenvalue weighted by Gasteiger charge is 2.06. The lowest BCUT2D eigenvalue weighted by Crippen LogP contribution is -1.97. The summed E-state index contributed by atoms with van der Waals surface area (Å²) in [5.41, 5.74) is 0.0671. The molecule has 1 heterocycles. The third-order valence-corrected chi connectivity index (χ3v) is 1.95. The monoisotopic (exact) mass is 285 g/mol. The number of hydrogen-bond donors (Lipinski definition) is 0. The Bertz CT molecular complexity index is 305. The van der Waals surface area contributed by atoms with Crippen molar-refractivity contribution in [3.05, 3.63) is 27.3 Å². The van der Waals surface area contributed by atoms with Gasteiger partial charge in [-0.1, -0.05) is 0 Å². The molecule has 0 unspecified atom stereocenters. The molecule has 58 valence electrons. The van der Waals surface area contributed by atoms with Gasteiger partial charge in [0.2, 0.25) is 0 Å². The molecule has 0 aliphatic heterocycles. The molecule has 0 aliphatic rings. The van der Waals surface area contributed by atoms with Gasteiger partial charge in [0.1, 0.15) is 9.39 Å². The Hall–Kier alpha value is -0.230. The third kappa shape index (κ3) is 2.10. The lowest BCUT2D eigenvalue weighted by molar-refractivity contribution is 0.107. The molecule has 0 radical (unpaired) electrons. The maximum atomic E-state index is 12.5. The van der Waals surface area contributed by atoms with E-state index in [9.17, 15) is 9.18 Å². The van der Waals surface area contributed by atoms with E-state index >= 15 is 0 Å². The van der Waals surface area contributed by atoms with Crippen LogP contribution in [0.15, 0.2) is 12.1 Å². The van der Waals surface area contributed by atoms with Crippen LogP contribution in [0.4, 0.5) is 4.39 Å². The molecular weight excluding hydrogens is 283 g/mol. The first-order chi connectivity index (χ1) is 5.11. The van der Waals surface area contributed by atoms with Gasteiger partial charge in [0.15, 0.2) is 5.82 Å². The van der Waals surface area contributed by atoms with E-state index < -0.39 is 11.1 Å². The van der Waals surface area contributed by atoms with Gasteiger partial charge >= 0.3 is 0 Å². The average Bonchev–Trinajstić information content (AvgIpc) is 1.94. The van der Waals surface area contributed by atoms with E-state index in [0.29, 0.717) is 0 Å². The topological polar surface area (TPSA) is 30.0 Å². The summed E-state index contributed by atoms with van der Waals surface area (Å²) in [6.07, 6.45) is 0. The summed E-state index contributed by atoms with van der Waals surface area (Å²) in [6, 6.07) is 2.40. The van der Waals surface area contributed by atoms with Gasteiger partial charge in [0.25, 0.3) is 5.24 Å². The van der Waals surface area contributed by atoms with E-state index in [1.807, 2.05) is 0 Å². The van der Waals surface area contributed by atoms with Crippen molar-refractivity contribution in [1.29, 1.82) is 0 Å². The van der Waals surface area contributed by atoms with Crippen molar-refractivity contribution in [3.8, 4) is 0 Å². The Kier molecular flexibility index (Phi) is 2.78. The van der Waals surface area contributed by atoms with Crippen LogP contribution in [0.5, 0.6) is 0 Å². The molecule has 0 aliphatic carbocycles. The van der Waals surface area contributed by atoms with Gasteiger partial charge in [0.05, 0.1) is 0 Å². The standard InChI is InChI=1S/C6H2ClFINO/c7-5(11)4-2-1-3(8)6(9)10-4/h1-2H. The summed E-state index contributed by atoms with van der Waals surface area (Å²) in [5, 5.41) is -0.678.